The van der Waals surface area contributed by atoms with Crippen molar-refractivity contribution in [3.05, 3.63) is 70.3 Å². The highest BCUT2D eigenvalue weighted by atomic mass is 35.5. The van der Waals surface area contributed by atoms with Gasteiger partial charge in [0.1, 0.15) is 21.5 Å². The molecule has 1 aromatic carbocycles. The Morgan fingerprint density at radius 2 is 1.95 bits per heavy atom. The van der Waals surface area contributed by atoms with Crippen molar-refractivity contribution < 1.29 is 14.3 Å². The molecule has 1 amide bonds. The van der Waals surface area contributed by atoms with Gasteiger partial charge in [-0.25, -0.2) is 19.3 Å². The molecule has 2 N–H and O–H groups in total. The zero-order valence-corrected chi connectivity index (χ0v) is 20.8. The molecule has 3 atom stereocenters. The van der Waals surface area contributed by atoms with Crippen LogP contribution in [0.25, 0.3) is 28.2 Å². The fraction of sp³-hybridized carbons (Fsp3) is 0.250. The van der Waals surface area contributed by atoms with Gasteiger partial charge in [-0.15, -0.1) is 4.80 Å². The van der Waals surface area contributed by atoms with Crippen molar-refractivity contribution in [1.29, 1.82) is 0 Å². The highest BCUT2D eigenvalue weighted by Gasteiger charge is 2.33. The molecule has 0 unspecified atom stereocenters. The van der Waals surface area contributed by atoms with Crippen LogP contribution in [0.2, 0.25) is 4.34 Å². The van der Waals surface area contributed by atoms with E-state index < -0.39 is 11.9 Å². The molecule has 0 bridgehead atoms. The number of aliphatic hydroxyl groups is 1. The molecule has 1 aliphatic rings. The van der Waals surface area contributed by atoms with Crippen LogP contribution < -0.4 is 5.32 Å². The van der Waals surface area contributed by atoms with Crippen LogP contribution >= 0.6 is 22.9 Å². The van der Waals surface area contributed by atoms with Gasteiger partial charge in [-0.1, -0.05) is 35.1 Å². The molecule has 0 aliphatic heterocycles. The molecule has 4 aromatic heterocycles. The van der Waals surface area contributed by atoms with Crippen LogP contribution in [0.1, 0.15) is 35.1 Å². The number of aliphatic hydroxyl groups excluding tert-OH is 1. The SMILES string of the molecule is O=C(N[C@H]1C[C@H](O)C[C@@H](n2c(-c3ccccc3F)nc3cnc(-n4nccn4)cc32)C1)c1ncc(Cl)s1. The van der Waals surface area contributed by atoms with E-state index in [1.807, 2.05) is 4.57 Å². The van der Waals surface area contributed by atoms with E-state index in [-0.39, 0.29) is 23.0 Å². The number of benzene rings is 1. The van der Waals surface area contributed by atoms with Crippen molar-refractivity contribution in [3.8, 4) is 17.2 Å². The summed E-state index contributed by atoms with van der Waals surface area (Å²) >= 11 is 7.02. The second-order valence-electron chi connectivity index (χ2n) is 8.79. The van der Waals surface area contributed by atoms with Gasteiger partial charge in [0.2, 0.25) is 0 Å². The average Bonchev–Trinajstić information content (AvgIpc) is 3.63. The number of rotatable bonds is 5. The standard InChI is InChI=1S/C24H20ClFN8O2S/c25-20-12-28-24(37-20)23(36)31-13-7-14(9-15(35)8-13)33-19-10-21(34-29-5-6-30-34)27-11-18(19)32-22(33)16-3-1-2-4-17(16)26/h1-6,10-15,35H,7-9H2,(H,31,36)/t13-,14+,15+/m1/s1. The molecule has 1 saturated carbocycles. The van der Waals surface area contributed by atoms with Crippen molar-refractivity contribution in [3.63, 3.8) is 0 Å². The van der Waals surface area contributed by atoms with Crippen LogP contribution in [0.15, 0.2) is 55.1 Å². The van der Waals surface area contributed by atoms with Crippen LogP contribution in [0.5, 0.6) is 0 Å². The van der Waals surface area contributed by atoms with Crippen molar-refractivity contribution >= 4 is 39.9 Å². The minimum absolute atomic E-state index is 0.254. The number of nitrogens with one attached hydrogen (secondary N) is 1. The summed E-state index contributed by atoms with van der Waals surface area (Å²) in [6.07, 6.45) is 6.71. The van der Waals surface area contributed by atoms with E-state index in [4.69, 9.17) is 16.6 Å². The maximum absolute atomic E-state index is 15.0. The largest absolute Gasteiger partial charge is 0.393 e. The smallest absolute Gasteiger partial charge is 0.280 e. The van der Waals surface area contributed by atoms with Gasteiger partial charge >= 0.3 is 0 Å². The number of fused-ring (bicyclic) bond motifs is 1. The average molecular weight is 539 g/mol. The topological polar surface area (TPSA) is 124 Å². The summed E-state index contributed by atoms with van der Waals surface area (Å²) in [6, 6.07) is 7.57. The van der Waals surface area contributed by atoms with Gasteiger partial charge in [-0.2, -0.15) is 10.2 Å². The van der Waals surface area contributed by atoms with Crippen LogP contribution in [0, 0.1) is 5.82 Å². The first-order chi connectivity index (χ1) is 18.0. The molecule has 1 aliphatic carbocycles. The zero-order valence-electron chi connectivity index (χ0n) is 19.2. The predicted octanol–water partition coefficient (Wildman–Crippen LogP) is 3.81. The second kappa shape index (κ2) is 9.61. The Labute approximate surface area is 218 Å². The number of halogens is 2. The fourth-order valence-corrected chi connectivity index (χ4v) is 5.64. The predicted molar refractivity (Wildman–Crippen MR) is 135 cm³/mol. The number of imidazole rings is 1. The first kappa shape index (κ1) is 23.6. The summed E-state index contributed by atoms with van der Waals surface area (Å²) in [5.74, 6) is 0.121. The minimum atomic E-state index is -0.691. The molecule has 10 nitrogen and oxygen atoms in total. The summed E-state index contributed by atoms with van der Waals surface area (Å²) in [5, 5.41) is 22.3. The van der Waals surface area contributed by atoms with Crippen molar-refractivity contribution in [2.75, 3.05) is 0 Å². The molecular weight excluding hydrogens is 519 g/mol. The monoisotopic (exact) mass is 538 g/mol. The molecule has 188 valence electrons. The Bertz CT molecular complexity index is 1590. The number of carbonyl (C=O) groups is 1. The number of carbonyl (C=O) groups excluding carboxylic acids is 1. The molecule has 0 saturated heterocycles. The molecule has 5 aromatic rings. The third-order valence-electron chi connectivity index (χ3n) is 6.33. The number of pyridine rings is 1. The first-order valence-corrected chi connectivity index (χ1v) is 12.8. The van der Waals surface area contributed by atoms with E-state index in [2.05, 4.69) is 25.5 Å². The molecule has 6 rings (SSSR count). The summed E-state index contributed by atoms with van der Waals surface area (Å²) in [4.78, 5) is 27.3. The Kier molecular flexibility index (Phi) is 6.14. The zero-order chi connectivity index (χ0) is 25.5. The van der Waals surface area contributed by atoms with Crippen LogP contribution in [0.3, 0.4) is 0 Å². The van der Waals surface area contributed by atoms with E-state index >= 15 is 0 Å². The number of aromatic nitrogens is 7. The quantitative estimate of drug-likeness (QED) is 0.348. The van der Waals surface area contributed by atoms with Gasteiger partial charge in [0.15, 0.2) is 10.8 Å². The third kappa shape index (κ3) is 4.59. The summed E-state index contributed by atoms with van der Waals surface area (Å²) in [6.45, 7) is 0. The molecule has 13 heteroatoms. The molecule has 4 heterocycles. The highest BCUT2D eigenvalue weighted by molar-refractivity contribution is 7.17. The van der Waals surface area contributed by atoms with Gasteiger partial charge in [-0.05, 0) is 31.4 Å². The Hall–Kier alpha value is -3.74. The lowest BCUT2D eigenvalue weighted by molar-refractivity contribution is 0.0747. The maximum atomic E-state index is 15.0. The van der Waals surface area contributed by atoms with Crippen molar-refractivity contribution in [2.45, 2.75) is 37.5 Å². The number of hydrogen-bond acceptors (Lipinski definition) is 8. The van der Waals surface area contributed by atoms with Crippen LogP contribution in [0.4, 0.5) is 4.39 Å². The fourth-order valence-electron chi connectivity index (χ4n) is 4.83. The normalized spacial score (nSPS) is 19.8. The summed E-state index contributed by atoms with van der Waals surface area (Å²) in [5.41, 5.74) is 1.58. The van der Waals surface area contributed by atoms with Gasteiger partial charge in [0.05, 0.1) is 42.0 Å². The number of hydrogen-bond donors (Lipinski definition) is 2. The minimum Gasteiger partial charge on any atom is -0.393 e. The van der Waals surface area contributed by atoms with Gasteiger partial charge in [0.25, 0.3) is 5.91 Å². The van der Waals surface area contributed by atoms with Gasteiger partial charge in [-0.3, -0.25) is 4.79 Å². The summed E-state index contributed by atoms with van der Waals surface area (Å²) in [7, 11) is 0. The third-order valence-corrected chi connectivity index (χ3v) is 7.44. The number of thiazole rings is 1. The lowest BCUT2D eigenvalue weighted by atomic mass is 9.88. The van der Waals surface area contributed by atoms with Gasteiger partial charge in [0, 0.05) is 18.2 Å². The van der Waals surface area contributed by atoms with E-state index in [9.17, 15) is 14.3 Å². The second-order valence-corrected chi connectivity index (χ2v) is 10.5. The number of nitrogens with zero attached hydrogens (tertiary/aromatic N) is 7. The lowest BCUT2D eigenvalue weighted by Crippen LogP contribution is -2.43. The van der Waals surface area contributed by atoms with E-state index in [1.54, 1.807) is 42.9 Å². The van der Waals surface area contributed by atoms with Crippen molar-refractivity contribution in [2.24, 2.45) is 0 Å². The van der Waals surface area contributed by atoms with Crippen LogP contribution in [-0.2, 0) is 0 Å². The first-order valence-electron chi connectivity index (χ1n) is 11.6. The van der Waals surface area contributed by atoms with Gasteiger partial charge < -0.3 is 15.0 Å². The van der Waals surface area contributed by atoms with E-state index in [0.717, 1.165) is 11.3 Å². The van der Waals surface area contributed by atoms with Crippen molar-refractivity contribution in [1.82, 2.24) is 39.8 Å². The van der Waals surface area contributed by atoms with E-state index in [0.29, 0.717) is 51.8 Å². The maximum Gasteiger partial charge on any atom is 0.280 e. The molecule has 37 heavy (non-hydrogen) atoms. The Morgan fingerprint density at radius 3 is 2.70 bits per heavy atom. The molecule has 0 radical (unpaired) electrons. The molecule has 1 fully saturated rings. The number of amides is 1. The van der Waals surface area contributed by atoms with Crippen LogP contribution in [-0.4, -0.2) is 57.7 Å². The summed E-state index contributed by atoms with van der Waals surface area (Å²) < 4.78 is 17.3. The van der Waals surface area contributed by atoms with E-state index in [1.165, 1.54) is 17.1 Å². The highest BCUT2D eigenvalue weighted by Crippen LogP contribution is 2.37. The molecular formula is C24H20ClFN8O2S. The Balaban J connectivity index is 1.42. The molecule has 0 spiro atoms. The Morgan fingerprint density at radius 1 is 1.14 bits per heavy atom. The lowest BCUT2D eigenvalue weighted by Gasteiger charge is -2.34.